The highest BCUT2D eigenvalue weighted by atomic mass is 32.2. The monoisotopic (exact) mass is 231 g/mol. The average Bonchev–Trinajstić information content (AvgIpc) is 2.31. The lowest BCUT2D eigenvalue weighted by Gasteiger charge is -2.05. The second kappa shape index (κ2) is 5.09. The van der Waals surface area contributed by atoms with Gasteiger partial charge in [-0.1, -0.05) is 11.8 Å². The van der Waals surface area contributed by atoms with Crippen molar-refractivity contribution in [3.05, 3.63) is 48.5 Å². The smallest absolute Gasteiger partial charge is 0.0569 e. The summed E-state index contributed by atoms with van der Waals surface area (Å²) in [5.74, 6) is 0. The minimum atomic E-state index is -0.0139. The van der Waals surface area contributed by atoms with Gasteiger partial charge in [0.25, 0.3) is 0 Å². The van der Waals surface area contributed by atoms with Gasteiger partial charge in [-0.05, 0) is 31.2 Å². The molecule has 2 heterocycles. The third-order valence-electron chi connectivity index (χ3n) is 2.11. The van der Waals surface area contributed by atoms with Gasteiger partial charge in [-0.25, -0.2) is 0 Å². The Balaban J connectivity index is 2.11. The van der Waals surface area contributed by atoms with Crippen LogP contribution in [0.5, 0.6) is 0 Å². The highest BCUT2D eigenvalue weighted by Crippen LogP contribution is 2.26. The third kappa shape index (κ3) is 2.81. The highest BCUT2D eigenvalue weighted by molar-refractivity contribution is 7.99. The molecule has 0 amide bonds. The molecule has 0 bridgehead atoms. The third-order valence-corrected chi connectivity index (χ3v) is 3.10. The number of pyridine rings is 2. The van der Waals surface area contributed by atoms with Crippen molar-refractivity contribution in [3.8, 4) is 0 Å². The summed E-state index contributed by atoms with van der Waals surface area (Å²) in [5.41, 5.74) is 6.65. The summed E-state index contributed by atoms with van der Waals surface area (Å²) < 4.78 is 0. The first kappa shape index (κ1) is 11.1. The van der Waals surface area contributed by atoms with Crippen molar-refractivity contribution in [2.75, 3.05) is 0 Å². The molecule has 1 atom stereocenters. The Kier molecular flexibility index (Phi) is 3.54. The van der Waals surface area contributed by atoms with E-state index in [4.69, 9.17) is 5.73 Å². The van der Waals surface area contributed by atoms with Gasteiger partial charge in [0.05, 0.1) is 5.69 Å². The van der Waals surface area contributed by atoms with E-state index < -0.39 is 0 Å². The van der Waals surface area contributed by atoms with Crippen LogP contribution in [0.1, 0.15) is 18.7 Å². The van der Waals surface area contributed by atoms with Crippen LogP contribution >= 0.6 is 11.8 Å². The maximum absolute atomic E-state index is 5.74. The molecule has 0 aliphatic carbocycles. The molecule has 0 aliphatic heterocycles. The van der Waals surface area contributed by atoms with Crippen molar-refractivity contribution >= 4 is 11.8 Å². The van der Waals surface area contributed by atoms with Gasteiger partial charge in [0.2, 0.25) is 0 Å². The second-order valence-corrected chi connectivity index (χ2v) is 4.64. The number of hydrogen-bond donors (Lipinski definition) is 1. The van der Waals surface area contributed by atoms with Crippen LogP contribution in [0.4, 0.5) is 0 Å². The van der Waals surface area contributed by atoms with E-state index in [1.807, 2.05) is 37.4 Å². The summed E-state index contributed by atoms with van der Waals surface area (Å²) in [5, 5.41) is 0. The molecule has 4 heteroatoms. The van der Waals surface area contributed by atoms with E-state index in [9.17, 15) is 0 Å². The minimum Gasteiger partial charge on any atom is -0.323 e. The SMILES string of the molecule is C[C@H](N)c1ccc(Sc2ccncc2)cn1. The number of rotatable bonds is 3. The summed E-state index contributed by atoms with van der Waals surface area (Å²) in [6, 6.07) is 7.94. The quantitative estimate of drug-likeness (QED) is 0.882. The zero-order valence-electron chi connectivity index (χ0n) is 9.00. The Morgan fingerprint density at radius 2 is 1.88 bits per heavy atom. The molecular weight excluding hydrogens is 218 g/mol. The zero-order chi connectivity index (χ0) is 11.4. The van der Waals surface area contributed by atoms with Crippen LogP contribution in [0.25, 0.3) is 0 Å². The standard InChI is InChI=1S/C12H13N3S/c1-9(13)12-3-2-11(8-15-12)16-10-4-6-14-7-5-10/h2-9H,13H2,1H3/t9-/m0/s1. The molecule has 0 aromatic carbocycles. The topological polar surface area (TPSA) is 51.8 Å². The Labute approximate surface area is 99.1 Å². The van der Waals surface area contributed by atoms with Gasteiger partial charge in [0, 0.05) is 34.4 Å². The fraction of sp³-hybridized carbons (Fsp3) is 0.167. The van der Waals surface area contributed by atoms with Crippen molar-refractivity contribution < 1.29 is 0 Å². The van der Waals surface area contributed by atoms with Crippen LogP contribution in [0, 0.1) is 0 Å². The minimum absolute atomic E-state index is 0.0139. The van der Waals surface area contributed by atoms with Crippen LogP contribution in [0.2, 0.25) is 0 Å². The van der Waals surface area contributed by atoms with E-state index in [-0.39, 0.29) is 6.04 Å². The second-order valence-electron chi connectivity index (χ2n) is 3.49. The molecule has 0 fully saturated rings. The molecule has 2 aromatic rings. The molecule has 16 heavy (non-hydrogen) atoms. The molecule has 2 N–H and O–H groups in total. The van der Waals surface area contributed by atoms with Crippen LogP contribution in [-0.2, 0) is 0 Å². The lowest BCUT2D eigenvalue weighted by Crippen LogP contribution is -2.06. The molecule has 82 valence electrons. The number of nitrogens with zero attached hydrogens (tertiary/aromatic N) is 2. The molecule has 2 rings (SSSR count). The van der Waals surface area contributed by atoms with Gasteiger partial charge in [-0.15, -0.1) is 0 Å². The molecular formula is C12H13N3S. The fourth-order valence-corrected chi connectivity index (χ4v) is 2.04. The fourth-order valence-electron chi connectivity index (χ4n) is 1.26. The van der Waals surface area contributed by atoms with Crippen LogP contribution in [-0.4, -0.2) is 9.97 Å². The predicted octanol–water partition coefficient (Wildman–Crippen LogP) is 2.65. The molecule has 0 aliphatic rings. The Morgan fingerprint density at radius 1 is 1.12 bits per heavy atom. The molecule has 0 spiro atoms. The van der Waals surface area contributed by atoms with Gasteiger partial charge < -0.3 is 5.73 Å². The first-order valence-corrected chi connectivity index (χ1v) is 5.87. The largest absolute Gasteiger partial charge is 0.323 e. The summed E-state index contributed by atoms with van der Waals surface area (Å²) >= 11 is 1.66. The lowest BCUT2D eigenvalue weighted by molar-refractivity contribution is 0.777. The van der Waals surface area contributed by atoms with Gasteiger partial charge in [-0.3, -0.25) is 9.97 Å². The molecule has 0 saturated heterocycles. The number of aromatic nitrogens is 2. The predicted molar refractivity (Wildman–Crippen MR) is 65.2 cm³/mol. The molecule has 0 unspecified atom stereocenters. The van der Waals surface area contributed by atoms with Crippen LogP contribution < -0.4 is 5.73 Å². The first-order valence-electron chi connectivity index (χ1n) is 5.05. The summed E-state index contributed by atoms with van der Waals surface area (Å²) in [4.78, 5) is 10.6. The van der Waals surface area contributed by atoms with E-state index in [1.165, 1.54) is 0 Å². The van der Waals surface area contributed by atoms with Crippen molar-refractivity contribution in [2.45, 2.75) is 22.8 Å². The molecule has 2 aromatic heterocycles. The molecule has 0 radical (unpaired) electrons. The van der Waals surface area contributed by atoms with E-state index in [1.54, 1.807) is 24.2 Å². The van der Waals surface area contributed by atoms with E-state index in [0.717, 1.165) is 15.5 Å². The van der Waals surface area contributed by atoms with E-state index >= 15 is 0 Å². The zero-order valence-corrected chi connectivity index (χ0v) is 9.82. The van der Waals surface area contributed by atoms with Crippen LogP contribution in [0.3, 0.4) is 0 Å². The van der Waals surface area contributed by atoms with Crippen molar-refractivity contribution in [3.63, 3.8) is 0 Å². The number of hydrogen-bond acceptors (Lipinski definition) is 4. The van der Waals surface area contributed by atoms with Crippen molar-refractivity contribution in [2.24, 2.45) is 5.73 Å². The maximum atomic E-state index is 5.74. The van der Waals surface area contributed by atoms with Crippen molar-refractivity contribution in [1.82, 2.24) is 9.97 Å². The summed E-state index contributed by atoms with van der Waals surface area (Å²) in [7, 11) is 0. The average molecular weight is 231 g/mol. The summed E-state index contributed by atoms with van der Waals surface area (Å²) in [6.45, 7) is 1.93. The van der Waals surface area contributed by atoms with Gasteiger partial charge in [0.15, 0.2) is 0 Å². The van der Waals surface area contributed by atoms with Crippen LogP contribution in [0.15, 0.2) is 52.6 Å². The molecule has 0 saturated carbocycles. The number of nitrogens with two attached hydrogens (primary N) is 1. The summed E-state index contributed by atoms with van der Waals surface area (Å²) in [6.07, 6.45) is 5.42. The van der Waals surface area contributed by atoms with E-state index in [0.29, 0.717) is 0 Å². The normalized spacial score (nSPS) is 12.4. The molecule has 3 nitrogen and oxygen atoms in total. The highest BCUT2D eigenvalue weighted by Gasteiger charge is 2.01. The van der Waals surface area contributed by atoms with Gasteiger partial charge >= 0.3 is 0 Å². The Hall–Kier alpha value is -1.39. The first-order chi connectivity index (χ1) is 7.75. The van der Waals surface area contributed by atoms with Gasteiger partial charge in [-0.2, -0.15) is 0 Å². The Bertz CT molecular complexity index is 440. The maximum Gasteiger partial charge on any atom is 0.0569 e. The lowest BCUT2D eigenvalue weighted by atomic mass is 10.2. The Morgan fingerprint density at radius 3 is 2.44 bits per heavy atom. The van der Waals surface area contributed by atoms with Gasteiger partial charge in [0.1, 0.15) is 0 Å². The van der Waals surface area contributed by atoms with E-state index in [2.05, 4.69) is 9.97 Å². The van der Waals surface area contributed by atoms with Crippen molar-refractivity contribution in [1.29, 1.82) is 0 Å².